The Morgan fingerprint density at radius 3 is 2.47 bits per heavy atom. The Morgan fingerprint density at radius 2 is 1.88 bits per heavy atom. The van der Waals surface area contributed by atoms with Gasteiger partial charge in [0.2, 0.25) is 5.91 Å². The second kappa shape index (κ2) is 7.30. The van der Waals surface area contributed by atoms with Crippen LogP contribution in [0.2, 0.25) is 0 Å². The highest BCUT2D eigenvalue weighted by atomic mass is 16.5. The molecule has 1 fully saturated rings. The van der Waals surface area contributed by atoms with Gasteiger partial charge in [0.25, 0.3) is 0 Å². The highest BCUT2D eigenvalue weighted by Gasteiger charge is 2.17. The van der Waals surface area contributed by atoms with Crippen LogP contribution in [0, 0.1) is 5.92 Å². The van der Waals surface area contributed by atoms with Gasteiger partial charge in [0, 0.05) is 20.0 Å². The zero-order valence-corrected chi connectivity index (χ0v) is 10.9. The lowest BCUT2D eigenvalue weighted by Gasteiger charge is -2.17. The molecule has 17 heavy (non-hydrogen) atoms. The minimum atomic E-state index is -0.263. The third kappa shape index (κ3) is 5.20. The van der Waals surface area contributed by atoms with Crippen molar-refractivity contribution in [2.45, 2.75) is 44.9 Å². The number of hydrogen-bond donors (Lipinski definition) is 0. The van der Waals surface area contributed by atoms with Crippen molar-refractivity contribution in [2.75, 3.05) is 20.7 Å². The summed E-state index contributed by atoms with van der Waals surface area (Å²) in [6.45, 7) is 0.455. The number of rotatable bonds is 6. The van der Waals surface area contributed by atoms with Crippen molar-refractivity contribution in [3.63, 3.8) is 0 Å². The van der Waals surface area contributed by atoms with Crippen molar-refractivity contribution in [3.05, 3.63) is 0 Å². The van der Waals surface area contributed by atoms with Crippen molar-refractivity contribution >= 4 is 11.9 Å². The van der Waals surface area contributed by atoms with Gasteiger partial charge in [-0.1, -0.05) is 25.7 Å². The van der Waals surface area contributed by atoms with E-state index in [0.29, 0.717) is 13.0 Å². The smallest absolute Gasteiger partial charge is 0.307 e. The number of ether oxygens (including phenoxy) is 1. The largest absolute Gasteiger partial charge is 0.469 e. The van der Waals surface area contributed by atoms with Crippen LogP contribution in [0.3, 0.4) is 0 Å². The molecule has 0 aliphatic heterocycles. The normalized spacial score (nSPS) is 15.9. The van der Waals surface area contributed by atoms with Gasteiger partial charge in [-0.25, -0.2) is 0 Å². The maximum Gasteiger partial charge on any atom is 0.307 e. The second-order valence-corrected chi connectivity index (χ2v) is 4.83. The molecule has 0 unspecified atom stereocenters. The molecule has 0 spiro atoms. The lowest BCUT2D eigenvalue weighted by molar-refractivity contribution is -0.141. The number of amides is 1. The average molecular weight is 241 g/mol. The lowest BCUT2D eigenvalue weighted by Crippen LogP contribution is -2.29. The van der Waals surface area contributed by atoms with Crippen LogP contribution in [0.5, 0.6) is 0 Å². The first kappa shape index (κ1) is 14.0. The fraction of sp³-hybridized carbons (Fsp3) is 0.846. The van der Waals surface area contributed by atoms with E-state index in [1.165, 1.54) is 32.8 Å². The number of methoxy groups -OCH3 is 1. The van der Waals surface area contributed by atoms with Gasteiger partial charge in [0.15, 0.2) is 0 Å². The van der Waals surface area contributed by atoms with Crippen molar-refractivity contribution in [1.82, 2.24) is 4.90 Å². The quantitative estimate of drug-likeness (QED) is 0.668. The van der Waals surface area contributed by atoms with Gasteiger partial charge >= 0.3 is 5.97 Å². The summed E-state index contributed by atoms with van der Waals surface area (Å²) in [5, 5.41) is 0. The molecule has 1 rings (SSSR count). The molecule has 0 bridgehead atoms. The van der Waals surface area contributed by atoms with Gasteiger partial charge in [-0.15, -0.1) is 0 Å². The standard InChI is InChI=1S/C13H23NO3/c1-14(10-9-13(16)17-2)12(15)8-7-11-5-3-4-6-11/h11H,3-10H2,1-2H3. The number of esters is 1. The zero-order valence-electron chi connectivity index (χ0n) is 10.9. The van der Waals surface area contributed by atoms with Crippen molar-refractivity contribution < 1.29 is 14.3 Å². The van der Waals surface area contributed by atoms with Crippen LogP contribution in [0.25, 0.3) is 0 Å². The molecule has 4 heteroatoms. The van der Waals surface area contributed by atoms with Crippen LogP contribution in [0.1, 0.15) is 44.9 Å². The Bertz CT molecular complexity index is 259. The molecule has 0 N–H and O–H groups in total. The van der Waals surface area contributed by atoms with Crippen molar-refractivity contribution in [2.24, 2.45) is 5.92 Å². The number of carbonyl (C=O) groups excluding carboxylic acids is 2. The lowest BCUT2D eigenvalue weighted by atomic mass is 10.0. The van der Waals surface area contributed by atoms with E-state index < -0.39 is 0 Å². The number of hydrogen-bond acceptors (Lipinski definition) is 3. The fourth-order valence-electron chi connectivity index (χ4n) is 2.30. The molecule has 0 radical (unpaired) electrons. The van der Waals surface area contributed by atoms with E-state index in [0.717, 1.165) is 12.3 Å². The summed E-state index contributed by atoms with van der Waals surface area (Å²) in [5.41, 5.74) is 0. The predicted octanol–water partition coefficient (Wildman–Crippen LogP) is 1.98. The van der Waals surface area contributed by atoms with Crippen LogP contribution < -0.4 is 0 Å². The SMILES string of the molecule is COC(=O)CCN(C)C(=O)CCC1CCCC1. The first-order chi connectivity index (χ1) is 8.13. The minimum absolute atomic E-state index is 0.140. The topological polar surface area (TPSA) is 46.6 Å². The van der Waals surface area contributed by atoms with Crippen LogP contribution >= 0.6 is 0 Å². The summed E-state index contributed by atoms with van der Waals surface area (Å²) >= 11 is 0. The van der Waals surface area contributed by atoms with Gasteiger partial charge in [-0.2, -0.15) is 0 Å². The molecule has 0 atom stereocenters. The molecule has 1 aliphatic rings. The van der Waals surface area contributed by atoms with Gasteiger partial charge in [-0.3, -0.25) is 9.59 Å². The van der Waals surface area contributed by atoms with E-state index in [9.17, 15) is 9.59 Å². The molecular weight excluding hydrogens is 218 g/mol. The second-order valence-electron chi connectivity index (χ2n) is 4.83. The molecule has 1 saturated carbocycles. The molecule has 0 aromatic heterocycles. The van der Waals surface area contributed by atoms with E-state index in [2.05, 4.69) is 4.74 Å². The Labute approximate surface area is 103 Å². The average Bonchev–Trinajstić information content (AvgIpc) is 2.85. The van der Waals surface area contributed by atoms with Crippen LogP contribution in [0.15, 0.2) is 0 Å². The van der Waals surface area contributed by atoms with Crippen molar-refractivity contribution in [1.29, 1.82) is 0 Å². The zero-order chi connectivity index (χ0) is 12.7. The van der Waals surface area contributed by atoms with Crippen LogP contribution in [-0.2, 0) is 14.3 Å². The number of nitrogens with zero attached hydrogens (tertiary/aromatic N) is 1. The third-order valence-electron chi connectivity index (χ3n) is 3.55. The van der Waals surface area contributed by atoms with Crippen molar-refractivity contribution in [3.8, 4) is 0 Å². The first-order valence-electron chi connectivity index (χ1n) is 6.44. The molecule has 98 valence electrons. The molecule has 0 saturated heterocycles. The third-order valence-corrected chi connectivity index (χ3v) is 3.55. The Hall–Kier alpha value is -1.06. The summed E-state index contributed by atoms with van der Waals surface area (Å²) in [7, 11) is 3.12. The maximum atomic E-state index is 11.8. The molecular formula is C13H23NO3. The van der Waals surface area contributed by atoms with Crippen LogP contribution in [0.4, 0.5) is 0 Å². The molecule has 0 heterocycles. The van der Waals surface area contributed by atoms with Gasteiger partial charge < -0.3 is 9.64 Å². The Balaban J connectivity index is 2.14. The van der Waals surface area contributed by atoms with E-state index in [-0.39, 0.29) is 18.3 Å². The molecule has 0 aromatic carbocycles. The fourth-order valence-corrected chi connectivity index (χ4v) is 2.30. The Kier molecular flexibility index (Phi) is 6.01. The summed E-state index contributed by atoms with van der Waals surface area (Å²) < 4.78 is 4.54. The molecule has 1 aliphatic carbocycles. The molecule has 1 amide bonds. The van der Waals surface area contributed by atoms with Gasteiger partial charge in [0.1, 0.15) is 0 Å². The summed E-state index contributed by atoms with van der Waals surface area (Å²) in [4.78, 5) is 24.4. The highest BCUT2D eigenvalue weighted by molar-refractivity contribution is 5.77. The first-order valence-corrected chi connectivity index (χ1v) is 6.44. The van der Waals surface area contributed by atoms with E-state index in [4.69, 9.17) is 0 Å². The van der Waals surface area contributed by atoms with E-state index in [1.807, 2.05) is 0 Å². The summed E-state index contributed by atoms with van der Waals surface area (Å²) in [6, 6.07) is 0. The predicted molar refractivity (Wildman–Crippen MR) is 65.5 cm³/mol. The maximum absolute atomic E-state index is 11.8. The minimum Gasteiger partial charge on any atom is -0.469 e. The summed E-state index contributed by atoms with van der Waals surface area (Å²) in [5.74, 6) is 0.620. The monoisotopic (exact) mass is 241 g/mol. The summed E-state index contributed by atoms with van der Waals surface area (Å²) in [6.07, 6.45) is 7.08. The van der Waals surface area contributed by atoms with E-state index in [1.54, 1.807) is 11.9 Å². The highest BCUT2D eigenvalue weighted by Crippen LogP contribution is 2.28. The van der Waals surface area contributed by atoms with Crippen LogP contribution in [-0.4, -0.2) is 37.5 Å². The van der Waals surface area contributed by atoms with Gasteiger partial charge in [-0.05, 0) is 12.3 Å². The number of carbonyl (C=O) groups is 2. The Morgan fingerprint density at radius 1 is 1.24 bits per heavy atom. The van der Waals surface area contributed by atoms with Gasteiger partial charge in [0.05, 0.1) is 13.5 Å². The molecule has 0 aromatic rings. The molecule has 4 nitrogen and oxygen atoms in total. The van der Waals surface area contributed by atoms with E-state index >= 15 is 0 Å².